The molecule has 16 heavy (non-hydrogen) atoms. The zero-order valence-corrected chi connectivity index (χ0v) is 10.7. The Morgan fingerprint density at radius 1 is 1.44 bits per heavy atom. The highest BCUT2D eigenvalue weighted by Gasteiger charge is 2.12. The average Bonchev–Trinajstić information content (AvgIpc) is 2.29. The van der Waals surface area contributed by atoms with Gasteiger partial charge in [-0.1, -0.05) is 6.07 Å². The summed E-state index contributed by atoms with van der Waals surface area (Å²) in [5.74, 6) is 0. The number of aromatic nitrogens is 1. The largest absolute Gasteiger partial charge is 0.372 e. The molecular weight excluding hydrogens is 247 g/mol. The number of hydrogen-bond acceptors (Lipinski definition) is 3. The van der Waals surface area contributed by atoms with Crippen molar-refractivity contribution in [2.24, 2.45) is 0 Å². The molecule has 0 amide bonds. The second-order valence-electron chi connectivity index (χ2n) is 3.64. The van der Waals surface area contributed by atoms with Crippen molar-refractivity contribution in [1.29, 1.82) is 0 Å². The summed E-state index contributed by atoms with van der Waals surface area (Å²) < 4.78 is 5.77. The van der Waals surface area contributed by atoms with Gasteiger partial charge in [-0.05, 0) is 31.0 Å². The van der Waals surface area contributed by atoms with E-state index in [1.165, 1.54) is 12.8 Å². The third kappa shape index (κ3) is 5.12. The zero-order chi connectivity index (χ0) is 9.64. The molecule has 92 valence electrons. The molecule has 1 saturated heterocycles. The first-order valence-corrected chi connectivity index (χ1v) is 5.16. The summed E-state index contributed by atoms with van der Waals surface area (Å²) >= 11 is 0. The Kier molecular flexibility index (Phi) is 8.57. The molecule has 5 heteroatoms. The van der Waals surface area contributed by atoms with Gasteiger partial charge in [0.15, 0.2) is 0 Å². The van der Waals surface area contributed by atoms with Crippen LogP contribution in [0.15, 0.2) is 24.5 Å². The van der Waals surface area contributed by atoms with E-state index in [0.717, 1.165) is 18.7 Å². The fourth-order valence-electron chi connectivity index (χ4n) is 1.66. The summed E-state index contributed by atoms with van der Waals surface area (Å²) in [5.41, 5.74) is 1.15. The standard InChI is InChI=1S/C11H16N2O.2ClH/c1-3-10(7-12-5-1)9-14-11-4-2-6-13-8-11;;/h1,3,5,7,11,13H,2,4,6,8-9H2;2*1H. The van der Waals surface area contributed by atoms with E-state index in [9.17, 15) is 0 Å². The van der Waals surface area contributed by atoms with Crippen LogP contribution in [0.2, 0.25) is 0 Å². The van der Waals surface area contributed by atoms with Crippen molar-refractivity contribution < 1.29 is 4.74 Å². The fourth-order valence-corrected chi connectivity index (χ4v) is 1.66. The van der Waals surface area contributed by atoms with Crippen LogP contribution in [-0.4, -0.2) is 24.2 Å². The van der Waals surface area contributed by atoms with Crippen LogP contribution >= 0.6 is 24.8 Å². The lowest BCUT2D eigenvalue weighted by atomic mass is 10.1. The lowest BCUT2D eigenvalue weighted by Gasteiger charge is -2.22. The van der Waals surface area contributed by atoms with Crippen LogP contribution in [-0.2, 0) is 11.3 Å². The summed E-state index contributed by atoms with van der Waals surface area (Å²) in [5, 5.41) is 3.33. The lowest BCUT2D eigenvalue weighted by molar-refractivity contribution is 0.0252. The maximum absolute atomic E-state index is 5.77. The fraction of sp³-hybridized carbons (Fsp3) is 0.545. The molecule has 0 saturated carbocycles. The van der Waals surface area contributed by atoms with E-state index >= 15 is 0 Å². The highest BCUT2D eigenvalue weighted by Crippen LogP contribution is 2.08. The van der Waals surface area contributed by atoms with Crippen LogP contribution in [0.5, 0.6) is 0 Å². The van der Waals surface area contributed by atoms with Crippen molar-refractivity contribution in [3.63, 3.8) is 0 Å². The summed E-state index contributed by atoms with van der Waals surface area (Å²) in [6.07, 6.45) is 6.41. The zero-order valence-electron chi connectivity index (χ0n) is 9.09. The van der Waals surface area contributed by atoms with Crippen LogP contribution in [0.1, 0.15) is 18.4 Å². The average molecular weight is 265 g/mol. The molecule has 0 aromatic carbocycles. The second kappa shape index (κ2) is 8.76. The molecule has 0 aliphatic carbocycles. The Labute approximate surface area is 109 Å². The third-order valence-electron chi connectivity index (χ3n) is 2.46. The maximum atomic E-state index is 5.77. The van der Waals surface area contributed by atoms with E-state index in [2.05, 4.69) is 10.3 Å². The molecule has 2 heterocycles. The Bertz CT molecular complexity index is 266. The summed E-state index contributed by atoms with van der Waals surface area (Å²) in [6, 6.07) is 3.99. The van der Waals surface area contributed by atoms with E-state index in [1.54, 1.807) is 6.20 Å². The number of rotatable bonds is 3. The van der Waals surface area contributed by atoms with Crippen molar-refractivity contribution >= 4 is 24.8 Å². The van der Waals surface area contributed by atoms with Gasteiger partial charge in [-0.15, -0.1) is 24.8 Å². The molecule has 0 radical (unpaired) electrons. The van der Waals surface area contributed by atoms with Gasteiger partial charge in [-0.2, -0.15) is 0 Å². The maximum Gasteiger partial charge on any atom is 0.0736 e. The Hall–Kier alpha value is -0.350. The normalized spacial score (nSPS) is 19.4. The van der Waals surface area contributed by atoms with Gasteiger partial charge in [0.25, 0.3) is 0 Å². The van der Waals surface area contributed by atoms with E-state index < -0.39 is 0 Å². The molecule has 3 nitrogen and oxygen atoms in total. The Morgan fingerprint density at radius 2 is 2.31 bits per heavy atom. The van der Waals surface area contributed by atoms with Gasteiger partial charge in [0.05, 0.1) is 12.7 Å². The van der Waals surface area contributed by atoms with Crippen molar-refractivity contribution in [3.8, 4) is 0 Å². The van der Waals surface area contributed by atoms with Crippen LogP contribution in [0.4, 0.5) is 0 Å². The van der Waals surface area contributed by atoms with Crippen LogP contribution in [0, 0.1) is 0 Å². The topological polar surface area (TPSA) is 34.1 Å². The minimum Gasteiger partial charge on any atom is -0.372 e. The van der Waals surface area contributed by atoms with Gasteiger partial charge in [-0.25, -0.2) is 0 Å². The van der Waals surface area contributed by atoms with Crippen molar-refractivity contribution in [1.82, 2.24) is 10.3 Å². The smallest absolute Gasteiger partial charge is 0.0736 e. The van der Waals surface area contributed by atoms with E-state index in [0.29, 0.717) is 12.7 Å². The van der Waals surface area contributed by atoms with Crippen molar-refractivity contribution in [2.75, 3.05) is 13.1 Å². The van der Waals surface area contributed by atoms with Gasteiger partial charge >= 0.3 is 0 Å². The predicted octanol–water partition coefficient (Wildman–Crippen LogP) is 2.19. The van der Waals surface area contributed by atoms with E-state index in [-0.39, 0.29) is 24.8 Å². The number of ether oxygens (including phenoxy) is 1. The molecule has 1 aliphatic heterocycles. The van der Waals surface area contributed by atoms with Gasteiger partial charge in [-0.3, -0.25) is 4.98 Å². The number of nitrogens with zero attached hydrogens (tertiary/aromatic N) is 1. The van der Waals surface area contributed by atoms with Gasteiger partial charge in [0.2, 0.25) is 0 Å². The third-order valence-corrected chi connectivity index (χ3v) is 2.46. The Morgan fingerprint density at radius 3 is 2.94 bits per heavy atom. The van der Waals surface area contributed by atoms with Gasteiger partial charge < -0.3 is 10.1 Å². The molecule has 1 aromatic rings. The van der Waals surface area contributed by atoms with Crippen molar-refractivity contribution in [3.05, 3.63) is 30.1 Å². The lowest BCUT2D eigenvalue weighted by Crippen LogP contribution is -2.35. The molecule has 2 rings (SSSR count). The number of nitrogens with one attached hydrogen (secondary N) is 1. The SMILES string of the molecule is Cl.Cl.c1cncc(COC2CCCNC2)c1. The molecule has 0 bridgehead atoms. The highest BCUT2D eigenvalue weighted by atomic mass is 35.5. The first-order chi connectivity index (χ1) is 6.95. The van der Waals surface area contributed by atoms with E-state index in [4.69, 9.17) is 4.74 Å². The molecular formula is C11H18Cl2N2O. The monoisotopic (exact) mass is 264 g/mol. The number of piperidine rings is 1. The predicted molar refractivity (Wildman–Crippen MR) is 69.4 cm³/mol. The first kappa shape index (κ1) is 15.7. The molecule has 1 atom stereocenters. The molecule has 1 aliphatic rings. The van der Waals surface area contributed by atoms with Gasteiger partial charge in [0.1, 0.15) is 0 Å². The van der Waals surface area contributed by atoms with E-state index in [1.807, 2.05) is 18.3 Å². The minimum absolute atomic E-state index is 0. The first-order valence-electron chi connectivity index (χ1n) is 5.16. The van der Waals surface area contributed by atoms with Crippen LogP contribution in [0.3, 0.4) is 0 Å². The number of halogens is 2. The van der Waals surface area contributed by atoms with Crippen LogP contribution < -0.4 is 5.32 Å². The minimum atomic E-state index is 0. The number of hydrogen-bond donors (Lipinski definition) is 1. The van der Waals surface area contributed by atoms with Gasteiger partial charge in [0, 0.05) is 18.9 Å². The van der Waals surface area contributed by atoms with Crippen molar-refractivity contribution in [2.45, 2.75) is 25.6 Å². The Balaban J connectivity index is 0.00000112. The molecule has 1 fully saturated rings. The molecule has 0 spiro atoms. The highest BCUT2D eigenvalue weighted by molar-refractivity contribution is 5.85. The molecule has 1 unspecified atom stereocenters. The molecule has 1 N–H and O–H groups in total. The quantitative estimate of drug-likeness (QED) is 0.909. The number of pyridine rings is 1. The summed E-state index contributed by atoms with van der Waals surface area (Å²) in [6.45, 7) is 2.80. The second-order valence-corrected chi connectivity index (χ2v) is 3.64. The molecule has 1 aromatic heterocycles. The van der Waals surface area contributed by atoms with Crippen LogP contribution in [0.25, 0.3) is 0 Å². The summed E-state index contributed by atoms with van der Waals surface area (Å²) in [7, 11) is 0. The summed E-state index contributed by atoms with van der Waals surface area (Å²) in [4.78, 5) is 4.05.